The van der Waals surface area contributed by atoms with Gasteiger partial charge in [0, 0.05) is 25.6 Å². The summed E-state index contributed by atoms with van der Waals surface area (Å²) in [6.45, 7) is 5.77. The molecule has 2 aromatic carbocycles. The Morgan fingerprint density at radius 1 is 1.11 bits per heavy atom. The van der Waals surface area contributed by atoms with Gasteiger partial charge in [0.15, 0.2) is 0 Å². The maximum absolute atomic E-state index is 11.9. The number of para-hydroxylation sites is 2. The Balaban J connectivity index is 1.67. The van der Waals surface area contributed by atoms with Crippen molar-refractivity contribution in [1.82, 2.24) is 5.32 Å². The molecule has 0 spiro atoms. The zero-order valence-corrected chi connectivity index (χ0v) is 16.3. The molecular formula is C21H27N3O4. The minimum absolute atomic E-state index is 0.00345. The molecule has 0 saturated heterocycles. The molecule has 1 amide bonds. The maximum Gasteiger partial charge on any atom is 0.292 e. The van der Waals surface area contributed by atoms with E-state index in [1.807, 2.05) is 24.3 Å². The van der Waals surface area contributed by atoms with Crippen LogP contribution in [-0.2, 0) is 11.2 Å². The summed E-state index contributed by atoms with van der Waals surface area (Å²) in [5.74, 6) is 1.24. The molecule has 0 atom stereocenters. The minimum atomic E-state index is -0.443. The first kappa shape index (κ1) is 21.2. The van der Waals surface area contributed by atoms with Crippen molar-refractivity contribution in [3.05, 3.63) is 64.2 Å². The zero-order chi connectivity index (χ0) is 20.4. The van der Waals surface area contributed by atoms with Crippen molar-refractivity contribution in [3.8, 4) is 5.75 Å². The van der Waals surface area contributed by atoms with Gasteiger partial charge in [0.25, 0.3) is 5.69 Å². The van der Waals surface area contributed by atoms with Gasteiger partial charge in [-0.25, -0.2) is 0 Å². The Kier molecular flexibility index (Phi) is 8.27. The van der Waals surface area contributed by atoms with Gasteiger partial charge in [-0.15, -0.1) is 0 Å². The first-order valence-corrected chi connectivity index (χ1v) is 9.41. The molecule has 0 aromatic heterocycles. The fourth-order valence-corrected chi connectivity index (χ4v) is 2.54. The van der Waals surface area contributed by atoms with Crippen molar-refractivity contribution in [1.29, 1.82) is 0 Å². The SMILES string of the molecule is CC(C)COc1ccc(CCNC(=O)CCNc2ccccc2[N+](=O)[O-])cc1. The van der Waals surface area contributed by atoms with Gasteiger partial charge in [-0.3, -0.25) is 14.9 Å². The number of rotatable bonds is 11. The van der Waals surface area contributed by atoms with Crippen LogP contribution in [0.1, 0.15) is 25.8 Å². The van der Waals surface area contributed by atoms with Crippen LogP contribution in [0.15, 0.2) is 48.5 Å². The van der Waals surface area contributed by atoms with Gasteiger partial charge in [0.05, 0.1) is 11.5 Å². The van der Waals surface area contributed by atoms with Crippen molar-refractivity contribution < 1.29 is 14.5 Å². The summed E-state index contributed by atoms with van der Waals surface area (Å²) in [6, 6.07) is 14.3. The van der Waals surface area contributed by atoms with Gasteiger partial charge in [0.1, 0.15) is 11.4 Å². The summed E-state index contributed by atoms with van der Waals surface area (Å²) >= 11 is 0. The highest BCUT2D eigenvalue weighted by Gasteiger charge is 2.12. The molecule has 2 N–H and O–H groups in total. The summed E-state index contributed by atoms with van der Waals surface area (Å²) in [7, 11) is 0. The largest absolute Gasteiger partial charge is 0.493 e. The van der Waals surface area contributed by atoms with Crippen molar-refractivity contribution >= 4 is 17.3 Å². The quantitative estimate of drug-likeness (QED) is 0.453. The van der Waals surface area contributed by atoms with Gasteiger partial charge in [0.2, 0.25) is 5.91 Å². The number of hydrogen-bond donors (Lipinski definition) is 2. The van der Waals surface area contributed by atoms with Crippen LogP contribution in [0.3, 0.4) is 0 Å². The Morgan fingerprint density at radius 2 is 1.82 bits per heavy atom. The van der Waals surface area contributed by atoms with E-state index in [1.54, 1.807) is 18.2 Å². The molecule has 7 heteroatoms. The third kappa shape index (κ3) is 7.26. The van der Waals surface area contributed by atoms with Crippen molar-refractivity contribution in [2.75, 3.05) is 25.0 Å². The van der Waals surface area contributed by atoms with Crippen molar-refractivity contribution in [2.24, 2.45) is 5.92 Å². The second kappa shape index (κ2) is 10.9. The Labute approximate surface area is 165 Å². The highest BCUT2D eigenvalue weighted by atomic mass is 16.6. The van der Waals surface area contributed by atoms with Crippen LogP contribution in [0.25, 0.3) is 0 Å². The van der Waals surface area contributed by atoms with E-state index in [4.69, 9.17) is 4.74 Å². The van der Waals surface area contributed by atoms with Crippen LogP contribution in [-0.4, -0.2) is 30.5 Å². The van der Waals surface area contributed by atoms with Crippen LogP contribution in [0, 0.1) is 16.0 Å². The number of nitrogens with zero attached hydrogens (tertiary/aromatic N) is 1. The average molecular weight is 385 g/mol. The van der Waals surface area contributed by atoms with E-state index in [2.05, 4.69) is 24.5 Å². The molecule has 0 aliphatic heterocycles. The molecule has 0 bridgehead atoms. The molecule has 7 nitrogen and oxygen atoms in total. The van der Waals surface area contributed by atoms with E-state index >= 15 is 0 Å². The highest BCUT2D eigenvalue weighted by molar-refractivity contribution is 5.76. The average Bonchev–Trinajstić information content (AvgIpc) is 2.67. The number of nitro benzene ring substituents is 1. The Bertz CT molecular complexity index is 775. The van der Waals surface area contributed by atoms with Gasteiger partial charge < -0.3 is 15.4 Å². The standard InChI is InChI=1S/C21H27N3O4/c1-16(2)15-28-18-9-7-17(8-10-18)11-13-23-21(25)12-14-22-19-5-3-4-6-20(19)24(26)27/h3-10,16,22H,11-15H2,1-2H3,(H,23,25). The lowest BCUT2D eigenvalue weighted by Crippen LogP contribution is -2.27. The van der Waals surface area contributed by atoms with E-state index < -0.39 is 4.92 Å². The van der Waals surface area contributed by atoms with Gasteiger partial charge in [-0.05, 0) is 36.1 Å². The lowest BCUT2D eigenvalue weighted by atomic mass is 10.1. The molecule has 0 aliphatic carbocycles. The van der Waals surface area contributed by atoms with E-state index in [1.165, 1.54) is 6.07 Å². The monoisotopic (exact) mass is 385 g/mol. The van der Waals surface area contributed by atoms with Gasteiger partial charge in [-0.1, -0.05) is 38.1 Å². The summed E-state index contributed by atoms with van der Waals surface area (Å²) in [5.41, 5.74) is 1.54. The summed E-state index contributed by atoms with van der Waals surface area (Å²) in [4.78, 5) is 22.5. The summed E-state index contributed by atoms with van der Waals surface area (Å²) in [6.07, 6.45) is 0.974. The molecule has 0 aliphatic rings. The number of carbonyl (C=O) groups excluding carboxylic acids is 1. The van der Waals surface area contributed by atoms with Crippen LogP contribution >= 0.6 is 0 Å². The molecule has 2 aromatic rings. The van der Waals surface area contributed by atoms with Crippen LogP contribution in [0.4, 0.5) is 11.4 Å². The molecule has 0 unspecified atom stereocenters. The normalized spacial score (nSPS) is 10.5. The molecule has 0 heterocycles. The molecule has 2 rings (SSSR count). The third-order valence-corrected chi connectivity index (χ3v) is 4.01. The fraction of sp³-hybridized carbons (Fsp3) is 0.381. The molecule has 0 fully saturated rings. The number of benzene rings is 2. The van der Waals surface area contributed by atoms with Crippen LogP contribution < -0.4 is 15.4 Å². The summed E-state index contributed by atoms with van der Waals surface area (Å²) < 4.78 is 5.65. The van der Waals surface area contributed by atoms with Crippen molar-refractivity contribution in [2.45, 2.75) is 26.7 Å². The third-order valence-electron chi connectivity index (χ3n) is 4.01. The predicted octanol–water partition coefficient (Wildman–Crippen LogP) is 3.79. The Hall–Kier alpha value is -3.09. The van der Waals surface area contributed by atoms with Gasteiger partial charge in [-0.2, -0.15) is 0 Å². The highest BCUT2D eigenvalue weighted by Crippen LogP contribution is 2.22. The number of anilines is 1. The van der Waals surface area contributed by atoms with E-state index in [-0.39, 0.29) is 18.0 Å². The second-order valence-corrected chi connectivity index (χ2v) is 6.90. The zero-order valence-electron chi connectivity index (χ0n) is 16.3. The fourth-order valence-electron chi connectivity index (χ4n) is 2.54. The smallest absolute Gasteiger partial charge is 0.292 e. The first-order valence-electron chi connectivity index (χ1n) is 9.41. The summed E-state index contributed by atoms with van der Waals surface area (Å²) in [5, 5.41) is 16.8. The van der Waals surface area contributed by atoms with Crippen LogP contribution in [0.2, 0.25) is 0 Å². The van der Waals surface area contributed by atoms with E-state index in [0.717, 1.165) is 17.7 Å². The van der Waals surface area contributed by atoms with Crippen molar-refractivity contribution in [3.63, 3.8) is 0 Å². The molecule has 28 heavy (non-hydrogen) atoms. The number of hydrogen-bond acceptors (Lipinski definition) is 5. The number of carbonyl (C=O) groups is 1. The van der Waals surface area contributed by atoms with E-state index in [9.17, 15) is 14.9 Å². The molecule has 0 radical (unpaired) electrons. The molecule has 0 saturated carbocycles. The second-order valence-electron chi connectivity index (χ2n) is 6.90. The number of nitro groups is 1. The number of amides is 1. The Morgan fingerprint density at radius 3 is 2.50 bits per heavy atom. The topological polar surface area (TPSA) is 93.5 Å². The maximum atomic E-state index is 11.9. The first-order chi connectivity index (χ1) is 13.5. The molecule has 150 valence electrons. The lowest BCUT2D eigenvalue weighted by molar-refractivity contribution is -0.384. The van der Waals surface area contributed by atoms with Crippen LogP contribution in [0.5, 0.6) is 5.75 Å². The number of nitrogens with one attached hydrogen (secondary N) is 2. The lowest BCUT2D eigenvalue weighted by Gasteiger charge is -2.10. The van der Waals surface area contributed by atoms with E-state index in [0.29, 0.717) is 31.3 Å². The predicted molar refractivity (Wildman–Crippen MR) is 110 cm³/mol. The number of ether oxygens (including phenoxy) is 1. The van der Waals surface area contributed by atoms with Gasteiger partial charge >= 0.3 is 0 Å². The minimum Gasteiger partial charge on any atom is -0.493 e. The molecular weight excluding hydrogens is 358 g/mol.